The van der Waals surface area contributed by atoms with Crippen molar-refractivity contribution in [3.8, 4) is 11.6 Å². The van der Waals surface area contributed by atoms with Gasteiger partial charge >= 0.3 is 0 Å². The molecule has 0 saturated carbocycles. The van der Waals surface area contributed by atoms with E-state index in [0.717, 1.165) is 11.3 Å². The third-order valence-corrected chi connectivity index (χ3v) is 3.12. The van der Waals surface area contributed by atoms with Crippen LogP contribution in [0.2, 0.25) is 0 Å². The first-order valence-corrected chi connectivity index (χ1v) is 6.70. The zero-order valence-corrected chi connectivity index (χ0v) is 11.7. The third-order valence-electron chi connectivity index (χ3n) is 3.12. The van der Waals surface area contributed by atoms with E-state index in [-0.39, 0.29) is 5.56 Å². The summed E-state index contributed by atoms with van der Waals surface area (Å²) in [5.74, 6) is -0.248. The Balaban J connectivity index is 1.94. The minimum atomic E-state index is -0.577. The van der Waals surface area contributed by atoms with Crippen LogP contribution in [0.5, 0.6) is 5.88 Å². The molecule has 0 unspecified atom stereocenters. The Kier molecular flexibility index (Phi) is 3.82. The maximum Gasteiger partial charge on any atom is 0.255 e. The number of ether oxygens (including phenoxy) is 1. The maximum absolute atomic E-state index is 11.6. The number of carbonyl (C=O) groups excluding carboxylic acids is 1. The van der Waals surface area contributed by atoms with Crippen LogP contribution in [0, 0.1) is 0 Å². The van der Waals surface area contributed by atoms with Gasteiger partial charge in [0.1, 0.15) is 12.2 Å². The highest BCUT2D eigenvalue weighted by Crippen LogP contribution is 2.23. The predicted octanol–water partition coefficient (Wildman–Crippen LogP) is 1.95. The Morgan fingerprint density at radius 1 is 1.14 bits per heavy atom. The summed E-state index contributed by atoms with van der Waals surface area (Å²) in [6.07, 6.45) is 4.78. The lowest BCUT2D eigenvalue weighted by molar-refractivity contribution is 0.0995. The van der Waals surface area contributed by atoms with E-state index in [1.807, 2.05) is 42.5 Å². The number of benzene rings is 1. The number of hydrogen-bond acceptors (Lipinski definition) is 4. The first-order chi connectivity index (χ1) is 10.8. The molecule has 110 valence electrons. The number of nitrogens with zero attached hydrogens (tertiary/aromatic N) is 3. The van der Waals surface area contributed by atoms with Gasteiger partial charge in [0.25, 0.3) is 5.91 Å². The summed E-state index contributed by atoms with van der Waals surface area (Å²) in [4.78, 5) is 15.5. The van der Waals surface area contributed by atoms with Gasteiger partial charge < -0.3 is 10.5 Å². The molecule has 1 amide bonds. The lowest BCUT2D eigenvalue weighted by Crippen LogP contribution is -2.13. The van der Waals surface area contributed by atoms with Gasteiger partial charge in [-0.1, -0.05) is 18.2 Å². The molecule has 0 aliphatic carbocycles. The summed E-state index contributed by atoms with van der Waals surface area (Å²) in [6, 6.07) is 13.1. The van der Waals surface area contributed by atoms with Crippen LogP contribution in [-0.4, -0.2) is 20.7 Å². The van der Waals surface area contributed by atoms with Gasteiger partial charge in [0.15, 0.2) is 0 Å². The van der Waals surface area contributed by atoms with Crippen molar-refractivity contribution in [2.75, 3.05) is 0 Å². The van der Waals surface area contributed by atoms with Crippen LogP contribution in [0.3, 0.4) is 0 Å². The SMILES string of the molecule is NC(=O)c1cnn(-c2ccccc2)c1OCc1ccncc1. The molecule has 2 heterocycles. The summed E-state index contributed by atoms with van der Waals surface area (Å²) >= 11 is 0. The van der Waals surface area contributed by atoms with E-state index < -0.39 is 5.91 Å². The lowest BCUT2D eigenvalue weighted by Gasteiger charge is -2.10. The quantitative estimate of drug-likeness (QED) is 0.779. The summed E-state index contributed by atoms with van der Waals surface area (Å²) in [6.45, 7) is 0.293. The molecule has 1 aromatic carbocycles. The van der Waals surface area contributed by atoms with Gasteiger partial charge in [-0.3, -0.25) is 9.78 Å². The minimum absolute atomic E-state index is 0.248. The van der Waals surface area contributed by atoms with Crippen molar-refractivity contribution in [1.82, 2.24) is 14.8 Å². The Morgan fingerprint density at radius 2 is 1.86 bits per heavy atom. The third kappa shape index (κ3) is 2.80. The Labute approximate surface area is 127 Å². The van der Waals surface area contributed by atoms with E-state index in [1.165, 1.54) is 6.20 Å². The Bertz CT molecular complexity index is 769. The van der Waals surface area contributed by atoms with Crippen LogP contribution >= 0.6 is 0 Å². The van der Waals surface area contributed by atoms with E-state index >= 15 is 0 Å². The molecular weight excluding hydrogens is 280 g/mol. The Morgan fingerprint density at radius 3 is 2.55 bits per heavy atom. The van der Waals surface area contributed by atoms with E-state index in [9.17, 15) is 4.79 Å². The van der Waals surface area contributed by atoms with Crippen molar-refractivity contribution in [2.45, 2.75) is 6.61 Å². The molecule has 0 fully saturated rings. The fourth-order valence-corrected chi connectivity index (χ4v) is 2.03. The molecule has 0 aliphatic heterocycles. The topological polar surface area (TPSA) is 83.0 Å². The maximum atomic E-state index is 11.6. The molecule has 0 spiro atoms. The number of rotatable bonds is 5. The summed E-state index contributed by atoms with van der Waals surface area (Å²) in [5, 5.41) is 4.20. The van der Waals surface area contributed by atoms with Gasteiger partial charge in [-0.2, -0.15) is 5.10 Å². The largest absolute Gasteiger partial charge is 0.472 e. The zero-order chi connectivity index (χ0) is 15.4. The standard InChI is InChI=1S/C16H14N4O2/c17-15(21)14-10-19-20(13-4-2-1-3-5-13)16(14)22-11-12-6-8-18-9-7-12/h1-10H,11H2,(H2,17,21). The van der Waals surface area contributed by atoms with Crippen molar-refractivity contribution >= 4 is 5.91 Å². The van der Waals surface area contributed by atoms with E-state index in [2.05, 4.69) is 10.1 Å². The highest BCUT2D eigenvalue weighted by atomic mass is 16.5. The van der Waals surface area contributed by atoms with Crippen LogP contribution in [0.4, 0.5) is 0 Å². The summed E-state index contributed by atoms with van der Waals surface area (Å²) < 4.78 is 7.34. The van der Waals surface area contributed by atoms with Crippen LogP contribution in [0.1, 0.15) is 15.9 Å². The van der Waals surface area contributed by atoms with Gasteiger partial charge in [-0.05, 0) is 29.8 Å². The second-order valence-corrected chi connectivity index (χ2v) is 4.62. The molecule has 3 rings (SSSR count). The Hall–Kier alpha value is -3.15. The molecule has 0 aliphatic rings. The normalized spacial score (nSPS) is 10.4. The molecular formula is C16H14N4O2. The van der Waals surface area contributed by atoms with Crippen molar-refractivity contribution in [3.05, 3.63) is 72.2 Å². The second kappa shape index (κ2) is 6.09. The first kappa shape index (κ1) is 13.8. The van der Waals surface area contributed by atoms with Crippen LogP contribution < -0.4 is 10.5 Å². The number of carbonyl (C=O) groups is 1. The zero-order valence-electron chi connectivity index (χ0n) is 11.7. The van der Waals surface area contributed by atoms with Crippen molar-refractivity contribution in [1.29, 1.82) is 0 Å². The van der Waals surface area contributed by atoms with E-state index in [1.54, 1.807) is 17.1 Å². The van der Waals surface area contributed by atoms with E-state index in [4.69, 9.17) is 10.5 Å². The molecule has 0 atom stereocenters. The summed E-state index contributed by atoms with van der Waals surface area (Å²) in [7, 11) is 0. The summed E-state index contributed by atoms with van der Waals surface area (Å²) in [5.41, 5.74) is 7.37. The smallest absolute Gasteiger partial charge is 0.255 e. The molecule has 6 heteroatoms. The van der Waals surface area contributed by atoms with Gasteiger partial charge in [-0.15, -0.1) is 0 Å². The average molecular weight is 294 g/mol. The van der Waals surface area contributed by atoms with Crippen LogP contribution in [-0.2, 0) is 6.61 Å². The number of primary amides is 1. The molecule has 0 radical (unpaired) electrons. The predicted molar refractivity (Wildman–Crippen MR) is 80.7 cm³/mol. The average Bonchev–Trinajstić information content (AvgIpc) is 2.99. The van der Waals surface area contributed by atoms with Crippen molar-refractivity contribution < 1.29 is 9.53 Å². The fraction of sp³-hybridized carbons (Fsp3) is 0.0625. The van der Waals surface area contributed by atoms with Crippen LogP contribution in [0.25, 0.3) is 5.69 Å². The fourth-order valence-electron chi connectivity index (χ4n) is 2.03. The molecule has 2 N–H and O–H groups in total. The van der Waals surface area contributed by atoms with Crippen LogP contribution in [0.15, 0.2) is 61.1 Å². The molecule has 22 heavy (non-hydrogen) atoms. The van der Waals surface area contributed by atoms with Gasteiger partial charge in [-0.25, -0.2) is 4.68 Å². The molecule has 0 bridgehead atoms. The number of pyridine rings is 1. The highest BCUT2D eigenvalue weighted by Gasteiger charge is 2.18. The first-order valence-electron chi connectivity index (χ1n) is 6.70. The van der Waals surface area contributed by atoms with Crippen molar-refractivity contribution in [3.63, 3.8) is 0 Å². The van der Waals surface area contributed by atoms with Gasteiger partial charge in [0, 0.05) is 12.4 Å². The number of nitrogens with two attached hydrogens (primary N) is 1. The number of aromatic nitrogens is 3. The van der Waals surface area contributed by atoms with Gasteiger partial charge in [0.2, 0.25) is 5.88 Å². The second-order valence-electron chi connectivity index (χ2n) is 4.62. The van der Waals surface area contributed by atoms with Crippen molar-refractivity contribution in [2.24, 2.45) is 5.73 Å². The number of amides is 1. The molecule has 6 nitrogen and oxygen atoms in total. The lowest BCUT2D eigenvalue weighted by atomic mass is 10.3. The monoisotopic (exact) mass is 294 g/mol. The highest BCUT2D eigenvalue weighted by molar-refractivity contribution is 5.95. The molecule has 0 saturated heterocycles. The number of para-hydroxylation sites is 1. The molecule has 2 aromatic heterocycles. The number of hydrogen-bond donors (Lipinski definition) is 1. The molecule has 3 aromatic rings. The minimum Gasteiger partial charge on any atom is -0.472 e. The van der Waals surface area contributed by atoms with Gasteiger partial charge in [0.05, 0.1) is 11.9 Å². The van der Waals surface area contributed by atoms with E-state index in [0.29, 0.717) is 12.5 Å².